The van der Waals surface area contributed by atoms with Crippen molar-refractivity contribution >= 4 is 20.7 Å². The fourth-order valence-corrected chi connectivity index (χ4v) is 5.68. The van der Waals surface area contributed by atoms with Gasteiger partial charge in [0.2, 0.25) is 0 Å². The molecule has 24 heavy (non-hydrogen) atoms. The van der Waals surface area contributed by atoms with Gasteiger partial charge in [-0.05, 0) is 49.4 Å². The van der Waals surface area contributed by atoms with Gasteiger partial charge in [-0.3, -0.25) is 9.59 Å². The zero-order valence-corrected chi connectivity index (χ0v) is 17.1. The van der Waals surface area contributed by atoms with Gasteiger partial charge < -0.3 is 9.47 Å². The molecule has 2 aliphatic rings. The maximum atomic E-state index is 12.9. The summed E-state index contributed by atoms with van der Waals surface area (Å²) in [7, 11) is -0.626. The Morgan fingerprint density at radius 3 is 2.21 bits per heavy atom. The number of hydrogen-bond donors (Lipinski definition) is 0. The molecule has 0 N–H and O–H groups in total. The summed E-state index contributed by atoms with van der Waals surface area (Å²) in [6.07, 6.45) is 3.26. The largest absolute Gasteiger partial charge is 0.465 e. The van der Waals surface area contributed by atoms with Crippen molar-refractivity contribution in [3.05, 3.63) is 0 Å². The Kier molecular flexibility index (Phi) is 6.51. The van der Waals surface area contributed by atoms with Crippen LogP contribution in [0.1, 0.15) is 46.5 Å². The molecule has 138 valence electrons. The van der Waals surface area contributed by atoms with Crippen molar-refractivity contribution in [1.29, 1.82) is 0 Å². The number of rotatable bonds is 8. The van der Waals surface area contributed by atoms with E-state index in [9.17, 15) is 9.59 Å². The Hall–Kier alpha value is -0.843. The molecular weight excluding hydrogens is 320 g/mol. The summed E-state index contributed by atoms with van der Waals surface area (Å²) in [6, 6.07) is 1.17. The lowest BCUT2D eigenvalue weighted by Crippen LogP contribution is -2.49. The van der Waals surface area contributed by atoms with Crippen LogP contribution in [0.4, 0.5) is 0 Å². The van der Waals surface area contributed by atoms with Crippen molar-refractivity contribution < 1.29 is 19.1 Å². The van der Waals surface area contributed by atoms with E-state index in [1.165, 1.54) is 6.04 Å². The van der Waals surface area contributed by atoms with E-state index in [4.69, 9.17) is 9.47 Å². The van der Waals surface area contributed by atoms with Crippen molar-refractivity contribution in [2.24, 2.45) is 29.1 Å². The topological polar surface area (TPSA) is 52.6 Å². The molecule has 2 bridgehead atoms. The van der Waals surface area contributed by atoms with Gasteiger partial charge in [-0.2, -0.15) is 0 Å². The SMILES string of the molecule is CCCOC(=O)C1(C(=O)OCCC[SiH](C)C)CC2CC1C(C)C2C. The van der Waals surface area contributed by atoms with Crippen LogP contribution in [0.2, 0.25) is 19.1 Å². The Bertz CT molecular complexity index is 462. The van der Waals surface area contributed by atoms with Crippen molar-refractivity contribution in [2.75, 3.05) is 13.2 Å². The molecule has 2 saturated carbocycles. The molecule has 2 aliphatic carbocycles. The van der Waals surface area contributed by atoms with E-state index in [0.29, 0.717) is 37.4 Å². The lowest BCUT2D eigenvalue weighted by Gasteiger charge is -2.38. The minimum absolute atomic E-state index is 0.0776. The predicted molar refractivity (Wildman–Crippen MR) is 97.5 cm³/mol. The Labute approximate surface area is 148 Å². The smallest absolute Gasteiger partial charge is 0.323 e. The van der Waals surface area contributed by atoms with Gasteiger partial charge in [-0.1, -0.05) is 39.9 Å². The molecule has 0 aromatic carbocycles. The molecule has 2 rings (SSSR count). The van der Waals surface area contributed by atoms with Gasteiger partial charge in [-0.25, -0.2) is 0 Å². The second-order valence-corrected chi connectivity index (χ2v) is 11.7. The molecule has 0 saturated heterocycles. The Morgan fingerprint density at radius 1 is 1.08 bits per heavy atom. The van der Waals surface area contributed by atoms with Gasteiger partial charge >= 0.3 is 11.9 Å². The number of carbonyl (C=O) groups is 2. The van der Waals surface area contributed by atoms with E-state index in [1.807, 2.05) is 6.92 Å². The summed E-state index contributed by atoms with van der Waals surface area (Å²) in [5.41, 5.74) is -1.04. The first-order valence-electron chi connectivity index (χ1n) is 9.69. The third-order valence-electron chi connectivity index (χ3n) is 6.31. The number of fused-ring (bicyclic) bond motifs is 2. The summed E-state index contributed by atoms with van der Waals surface area (Å²) in [4.78, 5) is 25.8. The highest BCUT2D eigenvalue weighted by Gasteiger charge is 2.66. The van der Waals surface area contributed by atoms with Gasteiger partial charge in [0.1, 0.15) is 0 Å². The minimum atomic E-state index is -1.04. The fraction of sp³-hybridized carbons (Fsp3) is 0.895. The molecular formula is C19H34O4Si. The van der Waals surface area contributed by atoms with Crippen LogP contribution in [0.25, 0.3) is 0 Å². The molecule has 2 fully saturated rings. The summed E-state index contributed by atoms with van der Waals surface area (Å²) >= 11 is 0. The van der Waals surface area contributed by atoms with Gasteiger partial charge in [0, 0.05) is 8.80 Å². The van der Waals surface area contributed by atoms with Crippen LogP contribution >= 0.6 is 0 Å². The molecule has 5 heteroatoms. The highest BCUT2D eigenvalue weighted by atomic mass is 28.3. The molecule has 0 aromatic rings. The molecule has 0 aromatic heterocycles. The van der Waals surface area contributed by atoms with Crippen LogP contribution < -0.4 is 0 Å². The van der Waals surface area contributed by atoms with Crippen LogP contribution in [-0.2, 0) is 19.1 Å². The van der Waals surface area contributed by atoms with E-state index in [2.05, 4.69) is 26.9 Å². The molecule has 0 radical (unpaired) electrons. The van der Waals surface area contributed by atoms with Crippen LogP contribution in [0.15, 0.2) is 0 Å². The molecule has 0 heterocycles. The molecule has 5 atom stereocenters. The van der Waals surface area contributed by atoms with Crippen molar-refractivity contribution in [3.63, 3.8) is 0 Å². The van der Waals surface area contributed by atoms with Gasteiger partial charge in [0.15, 0.2) is 5.41 Å². The number of hydrogen-bond acceptors (Lipinski definition) is 4. The van der Waals surface area contributed by atoms with Crippen molar-refractivity contribution in [1.82, 2.24) is 0 Å². The van der Waals surface area contributed by atoms with Crippen LogP contribution in [0.5, 0.6) is 0 Å². The maximum absolute atomic E-state index is 12.9. The number of esters is 2. The van der Waals surface area contributed by atoms with Gasteiger partial charge in [0.05, 0.1) is 13.2 Å². The summed E-state index contributed by atoms with van der Waals surface area (Å²) < 4.78 is 11.0. The fourth-order valence-electron chi connectivity index (χ4n) is 4.70. The monoisotopic (exact) mass is 354 g/mol. The molecule has 0 amide bonds. The first kappa shape index (κ1) is 19.5. The van der Waals surface area contributed by atoms with Crippen LogP contribution in [-0.4, -0.2) is 33.9 Å². The first-order valence-corrected chi connectivity index (χ1v) is 12.8. The van der Waals surface area contributed by atoms with E-state index >= 15 is 0 Å². The van der Waals surface area contributed by atoms with E-state index < -0.39 is 14.2 Å². The minimum Gasteiger partial charge on any atom is -0.465 e. The summed E-state index contributed by atoms with van der Waals surface area (Å²) in [5, 5.41) is 0. The maximum Gasteiger partial charge on any atom is 0.323 e. The summed E-state index contributed by atoms with van der Waals surface area (Å²) in [5.74, 6) is 0.804. The zero-order chi connectivity index (χ0) is 17.9. The van der Waals surface area contributed by atoms with E-state index in [0.717, 1.165) is 19.3 Å². The zero-order valence-electron chi connectivity index (χ0n) is 16.0. The van der Waals surface area contributed by atoms with Crippen molar-refractivity contribution in [2.45, 2.75) is 65.6 Å². The van der Waals surface area contributed by atoms with E-state index in [1.54, 1.807) is 0 Å². The van der Waals surface area contributed by atoms with Crippen molar-refractivity contribution in [3.8, 4) is 0 Å². The number of carbonyl (C=O) groups excluding carboxylic acids is 2. The second-order valence-electron chi connectivity index (χ2n) is 8.30. The molecule has 0 aliphatic heterocycles. The Balaban J connectivity index is 2.10. The second kappa shape index (κ2) is 8.02. The first-order chi connectivity index (χ1) is 11.3. The summed E-state index contributed by atoms with van der Waals surface area (Å²) in [6.45, 7) is 11.8. The lowest BCUT2D eigenvalue weighted by atomic mass is 9.65. The molecule has 4 nitrogen and oxygen atoms in total. The lowest BCUT2D eigenvalue weighted by molar-refractivity contribution is -0.179. The third-order valence-corrected chi connectivity index (χ3v) is 7.87. The standard InChI is InChI=1S/C19H34O4Si/c1-6-8-22-17(20)19(18(21)23-9-7-10-24(4)5)12-15-11-16(19)14(3)13(15)2/h13-16,24H,6-12H2,1-5H3. The third kappa shape index (κ3) is 3.56. The predicted octanol–water partition coefficient (Wildman–Crippen LogP) is 3.66. The highest BCUT2D eigenvalue weighted by molar-refractivity contribution is 6.55. The highest BCUT2D eigenvalue weighted by Crippen LogP contribution is 2.62. The average molecular weight is 355 g/mol. The van der Waals surface area contributed by atoms with Crippen LogP contribution in [0.3, 0.4) is 0 Å². The normalized spacial score (nSPS) is 34.6. The molecule has 5 unspecified atom stereocenters. The Morgan fingerprint density at radius 2 is 1.71 bits per heavy atom. The average Bonchev–Trinajstić information content (AvgIpc) is 3.07. The van der Waals surface area contributed by atoms with Crippen LogP contribution in [0, 0.1) is 29.1 Å². The number of ether oxygens (including phenoxy) is 2. The van der Waals surface area contributed by atoms with Gasteiger partial charge in [-0.15, -0.1) is 0 Å². The van der Waals surface area contributed by atoms with Gasteiger partial charge in [0.25, 0.3) is 0 Å². The molecule has 0 spiro atoms. The quantitative estimate of drug-likeness (QED) is 0.289. The van der Waals surface area contributed by atoms with E-state index in [-0.39, 0.29) is 17.9 Å².